The van der Waals surface area contributed by atoms with Crippen molar-refractivity contribution in [3.05, 3.63) is 42.0 Å². The number of carbonyl (C=O) groups is 1. The minimum Gasteiger partial charge on any atom is -0.291 e. The monoisotopic (exact) mass is 213 g/mol. The van der Waals surface area contributed by atoms with Gasteiger partial charge in [0.2, 0.25) is 0 Å². The van der Waals surface area contributed by atoms with Crippen molar-refractivity contribution in [2.24, 2.45) is 0 Å². The normalized spacial score (nSPS) is 10.8. The Kier molecular flexibility index (Phi) is 3.79. The van der Waals surface area contributed by atoms with Gasteiger partial charge >= 0.3 is 0 Å². The summed E-state index contributed by atoms with van der Waals surface area (Å²) in [7, 11) is -3.02. The van der Waals surface area contributed by atoms with E-state index in [2.05, 4.69) is 4.18 Å². The molecule has 0 atom stereocenters. The summed E-state index contributed by atoms with van der Waals surface area (Å²) in [5.41, 5.74) is 0.404. The molecule has 0 heterocycles. The molecule has 0 N–H and O–H groups in total. The Labute approximate surface area is 83.7 Å². The SMILES string of the molecule is C[C](O[SH](=O)=O)C(=O)c1ccccc1. The summed E-state index contributed by atoms with van der Waals surface area (Å²) in [5.74, 6) is -0.426. The molecule has 0 aromatic heterocycles. The lowest BCUT2D eigenvalue weighted by molar-refractivity contribution is 0.0938. The zero-order valence-corrected chi connectivity index (χ0v) is 8.36. The highest BCUT2D eigenvalue weighted by atomic mass is 32.2. The minimum absolute atomic E-state index is 0.146. The van der Waals surface area contributed by atoms with Gasteiger partial charge in [-0.15, -0.1) is 0 Å². The molecule has 0 aliphatic rings. The third kappa shape index (κ3) is 2.93. The van der Waals surface area contributed by atoms with Crippen molar-refractivity contribution in [2.75, 3.05) is 0 Å². The Hall–Kier alpha value is -1.20. The van der Waals surface area contributed by atoms with Crippen molar-refractivity contribution in [3.8, 4) is 0 Å². The van der Waals surface area contributed by atoms with Gasteiger partial charge in [0.15, 0.2) is 11.9 Å². The second-order valence-electron chi connectivity index (χ2n) is 2.57. The summed E-state index contributed by atoms with van der Waals surface area (Å²) in [5, 5.41) is 0. The van der Waals surface area contributed by atoms with Crippen LogP contribution in [0, 0.1) is 6.10 Å². The molecular formula is C9H9O4S. The van der Waals surface area contributed by atoms with E-state index >= 15 is 0 Å². The Morgan fingerprint density at radius 1 is 1.21 bits per heavy atom. The van der Waals surface area contributed by atoms with Gasteiger partial charge in [0.1, 0.15) is 0 Å². The van der Waals surface area contributed by atoms with Crippen LogP contribution in [0.1, 0.15) is 17.3 Å². The highest BCUT2D eigenvalue weighted by Crippen LogP contribution is 2.11. The molecule has 75 valence electrons. The Morgan fingerprint density at radius 2 is 1.79 bits per heavy atom. The maximum atomic E-state index is 11.5. The molecular weight excluding hydrogens is 204 g/mol. The van der Waals surface area contributed by atoms with E-state index in [0.29, 0.717) is 5.56 Å². The van der Waals surface area contributed by atoms with Crippen LogP contribution in [0.25, 0.3) is 0 Å². The predicted octanol–water partition coefficient (Wildman–Crippen LogP) is 0.964. The molecule has 1 rings (SSSR count). The molecule has 0 unspecified atom stereocenters. The van der Waals surface area contributed by atoms with Gasteiger partial charge < -0.3 is 0 Å². The second kappa shape index (κ2) is 4.88. The lowest BCUT2D eigenvalue weighted by Crippen LogP contribution is -2.11. The standard InChI is InChI=1S/C9H9O4S/c1-7(13-14(11)12)9(10)8-5-3-2-4-6-8/h2-6,14H,1H3. The van der Waals surface area contributed by atoms with Crippen LogP contribution in [-0.2, 0) is 15.2 Å². The molecule has 14 heavy (non-hydrogen) atoms. The summed E-state index contributed by atoms with van der Waals surface area (Å²) in [6.07, 6.45) is -0.146. The molecule has 1 radical (unpaired) electrons. The summed E-state index contributed by atoms with van der Waals surface area (Å²) in [6, 6.07) is 8.33. The molecule has 0 spiro atoms. The van der Waals surface area contributed by atoms with Crippen LogP contribution >= 0.6 is 0 Å². The van der Waals surface area contributed by atoms with Crippen molar-refractivity contribution < 1.29 is 17.4 Å². The highest BCUT2D eigenvalue weighted by Gasteiger charge is 2.17. The molecule has 0 aliphatic heterocycles. The van der Waals surface area contributed by atoms with Crippen molar-refractivity contribution in [1.82, 2.24) is 0 Å². The van der Waals surface area contributed by atoms with Crippen LogP contribution in [0.2, 0.25) is 0 Å². The Morgan fingerprint density at radius 3 is 2.29 bits per heavy atom. The van der Waals surface area contributed by atoms with E-state index in [1.165, 1.54) is 6.92 Å². The summed E-state index contributed by atoms with van der Waals surface area (Å²) in [4.78, 5) is 11.5. The van der Waals surface area contributed by atoms with E-state index in [4.69, 9.17) is 0 Å². The molecule has 0 amide bonds. The van der Waals surface area contributed by atoms with Crippen LogP contribution in [0.3, 0.4) is 0 Å². The van der Waals surface area contributed by atoms with Crippen LogP contribution in [0.4, 0.5) is 0 Å². The predicted molar refractivity (Wildman–Crippen MR) is 51.1 cm³/mol. The third-order valence-corrected chi connectivity index (χ3v) is 1.99. The third-order valence-electron chi connectivity index (χ3n) is 1.57. The number of thiol groups is 1. The molecule has 0 fully saturated rings. The first-order valence-electron chi connectivity index (χ1n) is 3.87. The van der Waals surface area contributed by atoms with Gasteiger partial charge in [-0.3, -0.25) is 8.98 Å². The zero-order valence-electron chi connectivity index (χ0n) is 7.47. The molecule has 0 aliphatic carbocycles. The van der Waals surface area contributed by atoms with Crippen molar-refractivity contribution >= 4 is 16.8 Å². The zero-order chi connectivity index (χ0) is 10.6. The van der Waals surface area contributed by atoms with Gasteiger partial charge in [-0.05, 0) is 6.92 Å². The van der Waals surface area contributed by atoms with Gasteiger partial charge in [0.25, 0.3) is 11.0 Å². The van der Waals surface area contributed by atoms with E-state index in [-0.39, 0.29) is 6.10 Å². The molecule has 1 aromatic carbocycles. The average molecular weight is 213 g/mol. The average Bonchev–Trinajstić information content (AvgIpc) is 2.17. The van der Waals surface area contributed by atoms with E-state index < -0.39 is 16.8 Å². The van der Waals surface area contributed by atoms with E-state index in [0.717, 1.165) is 0 Å². The molecule has 1 aromatic rings. The number of carbonyl (C=O) groups excluding carboxylic acids is 1. The van der Waals surface area contributed by atoms with Crippen LogP contribution in [0.5, 0.6) is 0 Å². The lowest BCUT2D eigenvalue weighted by atomic mass is 10.1. The number of benzene rings is 1. The van der Waals surface area contributed by atoms with Gasteiger partial charge in [-0.2, -0.15) is 0 Å². The molecule has 4 nitrogen and oxygen atoms in total. The summed E-state index contributed by atoms with van der Waals surface area (Å²) >= 11 is 0. The fourth-order valence-corrected chi connectivity index (χ4v) is 1.25. The Balaban J connectivity index is 2.76. The van der Waals surface area contributed by atoms with Crippen LogP contribution in [-0.4, -0.2) is 14.2 Å². The van der Waals surface area contributed by atoms with Crippen LogP contribution < -0.4 is 0 Å². The van der Waals surface area contributed by atoms with Gasteiger partial charge in [-0.25, -0.2) is 8.42 Å². The Bertz CT molecular complexity index is 375. The lowest BCUT2D eigenvalue weighted by Gasteiger charge is -2.04. The molecule has 5 heteroatoms. The fraction of sp³-hybridized carbons (Fsp3) is 0.111. The van der Waals surface area contributed by atoms with Crippen molar-refractivity contribution in [1.29, 1.82) is 0 Å². The number of rotatable bonds is 4. The number of Topliss-reactive ketones (excluding diaryl/α,β-unsaturated/α-hetero) is 1. The first-order valence-corrected chi connectivity index (χ1v) is 4.96. The van der Waals surface area contributed by atoms with Gasteiger partial charge in [0.05, 0.1) is 0 Å². The maximum absolute atomic E-state index is 11.5. The number of ketones is 1. The summed E-state index contributed by atoms with van der Waals surface area (Å²) in [6.45, 7) is 1.32. The first-order chi connectivity index (χ1) is 6.61. The van der Waals surface area contributed by atoms with Crippen molar-refractivity contribution in [2.45, 2.75) is 6.92 Å². The molecule has 0 saturated carbocycles. The van der Waals surface area contributed by atoms with Crippen molar-refractivity contribution in [3.63, 3.8) is 0 Å². The fourth-order valence-electron chi connectivity index (χ4n) is 0.946. The molecule has 0 bridgehead atoms. The largest absolute Gasteiger partial charge is 0.291 e. The number of hydrogen-bond acceptors (Lipinski definition) is 4. The quantitative estimate of drug-likeness (QED) is 0.598. The smallest absolute Gasteiger partial charge is 0.258 e. The maximum Gasteiger partial charge on any atom is 0.258 e. The molecule has 0 saturated heterocycles. The van der Waals surface area contributed by atoms with Gasteiger partial charge in [-0.1, -0.05) is 30.3 Å². The number of hydrogen-bond donors (Lipinski definition) is 1. The van der Waals surface area contributed by atoms with E-state index in [9.17, 15) is 13.2 Å². The topological polar surface area (TPSA) is 60.4 Å². The summed E-state index contributed by atoms with van der Waals surface area (Å²) < 4.78 is 24.7. The van der Waals surface area contributed by atoms with Gasteiger partial charge in [0, 0.05) is 5.56 Å². The first kappa shape index (κ1) is 10.9. The minimum atomic E-state index is -3.02. The second-order valence-corrected chi connectivity index (χ2v) is 3.20. The van der Waals surface area contributed by atoms with E-state index in [1.807, 2.05) is 0 Å². The van der Waals surface area contributed by atoms with Crippen LogP contribution in [0.15, 0.2) is 30.3 Å². The van der Waals surface area contributed by atoms with E-state index in [1.54, 1.807) is 30.3 Å². The highest BCUT2D eigenvalue weighted by molar-refractivity contribution is 7.67.